The van der Waals surface area contributed by atoms with Crippen LogP contribution in [0.2, 0.25) is 0 Å². The smallest absolute Gasteiger partial charge is 0.252 e. The second kappa shape index (κ2) is 9.78. The van der Waals surface area contributed by atoms with Crippen molar-refractivity contribution in [3.8, 4) is 11.5 Å². The Balaban J connectivity index is 2.33. The number of hydrogen-bond acceptors (Lipinski definition) is 4. The molecule has 0 aliphatic carbocycles. The first-order valence-electron chi connectivity index (χ1n) is 9.36. The molecule has 6 nitrogen and oxygen atoms in total. The normalized spacial score (nSPS) is 11.8. The Hall–Kier alpha value is -3.02. The molecule has 0 unspecified atom stereocenters. The second-order valence-corrected chi connectivity index (χ2v) is 6.96. The average molecular weight is 384 g/mol. The lowest BCUT2D eigenvalue weighted by molar-refractivity contribution is -0.122. The maximum atomic E-state index is 12.9. The highest BCUT2D eigenvalue weighted by atomic mass is 16.5. The van der Waals surface area contributed by atoms with Crippen LogP contribution in [0, 0.1) is 0 Å². The monoisotopic (exact) mass is 384 g/mol. The molecule has 0 saturated carbocycles. The fourth-order valence-electron chi connectivity index (χ4n) is 2.69. The molecule has 0 aromatic heterocycles. The highest BCUT2D eigenvalue weighted by Gasteiger charge is 2.23. The molecule has 28 heavy (non-hydrogen) atoms. The molecule has 0 saturated heterocycles. The summed E-state index contributed by atoms with van der Waals surface area (Å²) in [4.78, 5) is 25.3. The van der Waals surface area contributed by atoms with E-state index in [1.165, 1.54) is 7.05 Å². The fourth-order valence-corrected chi connectivity index (χ4v) is 2.69. The minimum atomic E-state index is -0.803. The first-order chi connectivity index (χ1) is 13.3. The van der Waals surface area contributed by atoms with Gasteiger partial charge in [0.05, 0.1) is 12.2 Å². The summed E-state index contributed by atoms with van der Waals surface area (Å²) in [6, 6.07) is 13.3. The predicted molar refractivity (Wildman–Crippen MR) is 109 cm³/mol. The number of benzene rings is 2. The Bertz CT molecular complexity index is 775. The lowest BCUT2D eigenvalue weighted by atomic mass is 10.1. The Morgan fingerprint density at radius 1 is 0.857 bits per heavy atom. The summed E-state index contributed by atoms with van der Waals surface area (Å²) >= 11 is 0. The summed E-state index contributed by atoms with van der Waals surface area (Å²) in [6.07, 6.45) is -0.0960. The Morgan fingerprint density at radius 3 is 1.86 bits per heavy atom. The van der Waals surface area contributed by atoms with Crippen molar-refractivity contribution in [2.24, 2.45) is 0 Å². The van der Waals surface area contributed by atoms with E-state index in [9.17, 15) is 9.59 Å². The fraction of sp³-hybridized carbons (Fsp3) is 0.364. The standard InChI is InChI=1S/C22H28N2O4/c1-14(2)27-18-11-17(12-19(13-18)28-15(3)4)21(25)24-20(22(26)23-5)16-9-7-6-8-10-16/h6-15,20H,1-5H3,(H,23,26)(H,24,25)/t20-/m1/s1. The molecule has 0 spiro atoms. The molecule has 2 N–H and O–H groups in total. The minimum absolute atomic E-state index is 0.0480. The van der Waals surface area contributed by atoms with Gasteiger partial charge in [-0.15, -0.1) is 0 Å². The second-order valence-electron chi connectivity index (χ2n) is 6.96. The summed E-state index contributed by atoms with van der Waals surface area (Å²) in [6.45, 7) is 7.64. The van der Waals surface area contributed by atoms with E-state index in [-0.39, 0.29) is 24.0 Å². The predicted octanol–water partition coefficient (Wildman–Crippen LogP) is 3.48. The van der Waals surface area contributed by atoms with E-state index >= 15 is 0 Å². The molecule has 2 amide bonds. The molecular formula is C22H28N2O4. The Labute approximate surface area is 166 Å². The quantitative estimate of drug-likeness (QED) is 0.731. The van der Waals surface area contributed by atoms with Crippen LogP contribution in [0.4, 0.5) is 0 Å². The van der Waals surface area contributed by atoms with Gasteiger partial charge in [-0.1, -0.05) is 30.3 Å². The number of carbonyl (C=O) groups excluding carboxylic acids is 2. The van der Waals surface area contributed by atoms with E-state index in [0.29, 0.717) is 22.6 Å². The third-order valence-electron chi connectivity index (χ3n) is 3.80. The van der Waals surface area contributed by atoms with Crippen molar-refractivity contribution in [2.45, 2.75) is 45.9 Å². The maximum absolute atomic E-state index is 12.9. The van der Waals surface area contributed by atoms with Crippen LogP contribution in [0.15, 0.2) is 48.5 Å². The number of hydrogen-bond donors (Lipinski definition) is 2. The van der Waals surface area contributed by atoms with E-state index in [0.717, 1.165) is 0 Å². The highest BCUT2D eigenvalue weighted by molar-refractivity contribution is 5.98. The number of amides is 2. The molecule has 0 aliphatic rings. The molecule has 2 aromatic carbocycles. The first-order valence-corrected chi connectivity index (χ1v) is 9.36. The van der Waals surface area contributed by atoms with E-state index < -0.39 is 6.04 Å². The van der Waals surface area contributed by atoms with Crippen molar-refractivity contribution in [1.82, 2.24) is 10.6 Å². The molecule has 2 rings (SSSR count). The molecular weight excluding hydrogens is 356 g/mol. The minimum Gasteiger partial charge on any atom is -0.491 e. The number of carbonyl (C=O) groups is 2. The van der Waals surface area contributed by atoms with Gasteiger partial charge in [0, 0.05) is 18.7 Å². The largest absolute Gasteiger partial charge is 0.491 e. The van der Waals surface area contributed by atoms with Crippen molar-refractivity contribution >= 4 is 11.8 Å². The van der Waals surface area contributed by atoms with Crippen molar-refractivity contribution < 1.29 is 19.1 Å². The Morgan fingerprint density at radius 2 is 1.39 bits per heavy atom. The van der Waals surface area contributed by atoms with Crippen LogP contribution in [0.3, 0.4) is 0 Å². The van der Waals surface area contributed by atoms with Gasteiger partial charge in [0.2, 0.25) is 5.91 Å². The van der Waals surface area contributed by atoms with Crippen molar-refractivity contribution in [2.75, 3.05) is 7.05 Å². The van der Waals surface area contributed by atoms with Crippen LogP contribution < -0.4 is 20.1 Å². The van der Waals surface area contributed by atoms with E-state index in [2.05, 4.69) is 10.6 Å². The van der Waals surface area contributed by atoms with Crippen LogP contribution in [0.5, 0.6) is 11.5 Å². The van der Waals surface area contributed by atoms with E-state index in [1.54, 1.807) is 30.3 Å². The van der Waals surface area contributed by atoms with Gasteiger partial charge < -0.3 is 20.1 Å². The van der Waals surface area contributed by atoms with Crippen LogP contribution in [-0.2, 0) is 4.79 Å². The van der Waals surface area contributed by atoms with Gasteiger partial charge in [-0.2, -0.15) is 0 Å². The molecule has 0 fully saturated rings. The zero-order chi connectivity index (χ0) is 20.7. The number of ether oxygens (including phenoxy) is 2. The average Bonchev–Trinajstić information content (AvgIpc) is 2.64. The summed E-state index contributed by atoms with van der Waals surface area (Å²) in [7, 11) is 1.54. The number of likely N-dealkylation sites (N-methyl/N-ethyl adjacent to an activating group) is 1. The van der Waals surface area contributed by atoms with Gasteiger partial charge in [-0.25, -0.2) is 0 Å². The van der Waals surface area contributed by atoms with Gasteiger partial charge >= 0.3 is 0 Å². The SMILES string of the molecule is CNC(=O)[C@H](NC(=O)c1cc(OC(C)C)cc(OC(C)C)c1)c1ccccc1. The van der Waals surface area contributed by atoms with Crippen LogP contribution >= 0.6 is 0 Å². The number of nitrogens with one attached hydrogen (secondary N) is 2. The summed E-state index contributed by atoms with van der Waals surface area (Å²) in [5.41, 5.74) is 1.06. The van der Waals surface area contributed by atoms with Gasteiger partial charge in [-0.3, -0.25) is 9.59 Å². The topological polar surface area (TPSA) is 76.7 Å². The lowest BCUT2D eigenvalue weighted by Crippen LogP contribution is -2.39. The molecule has 0 radical (unpaired) electrons. The maximum Gasteiger partial charge on any atom is 0.252 e. The van der Waals surface area contributed by atoms with Crippen molar-refractivity contribution in [1.29, 1.82) is 0 Å². The van der Waals surface area contributed by atoms with Crippen molar-refractivity contribution in [3.05, 3.63) is 59.7 Å². The number of rotatable bonds is 8. The van der Waals surface area contributed by atoms with Crippen molar-refractivity contribution in [3.63, 3.8) is 0 Å². The molecule has 1 atom stereocenters. The van der Waals surface area contributed by atoms with Crippen LogP contribution in [0.25, 0.3) is 0 Å². The molecule has 0 aliphatic heterocycles. The molecule has 6 heteroatoms. The summed E-state index contributed by atoms with van der Waals surface area (Å²) in [5, 5.41) is 5.39. The van der Waals surface area contributed by atoms with Gasteiger partial charge in [-0.05, 0) is 45.4 Å². The van der Waals surface area contributed by atoms with Crippen LogP contribution in [0.1, 0.15) is 49.7 Å². The third-order valence-corrected chi connectivity index (χ3v) is 3.80. The third kappa shape index (κ3) is 6.01. The first kappa shape index (κ1) is 21.3. The molecule has 0 bridgehead atoms. The van der Waals surface area contributed by atoms with Crippen LogP contribution in [-0.4, -0.2) is 31.1 Å². The van der Waals surface area contributed by atoms with E-state index in [1.807, 2.05) is 45.9 Å². The molecule has 2 aromatic rings. The van der Waals surface area contributed by atoms with Gasteiger partial charge in [0.1, 0.15) is 17.5 Å². The molecule has 0 heterocycles. The van der Waals surface area contributed by atoms with Gasteiger partial charge in [0.25, 0.3) is 5.91 Å². The highest BCUT2D eigenvalue weighted by Crippen LogP contribution is 2.25. The van der Waals surface area contributed by atoms with Gasteiger partial charge in [0.15, 0.2) is 0 Å². The zero-order valence-corrected chi connectivity index (χ0v) is 17.0. The summed E-state index contributed by atoms with van der Waals surface area (Å²) in [5.74, 6) is 0.386. The van der Waals surface area contributed by atoms with E-state index in [4.69, 9.17) is 9.47 Å². The summed E-state index contributed by atoms with van der Waals surface area (Å²) < 4.78 is 11.5. The molecule has 150 valence electrons. The lowest BCUT2D eigenvalue weighted by Gasteiger charge is -2.19. The zero-order valence-electron chi connectivity index (χ0n) is 17.0. The Kier molecular flexibility index (Phi) is 7.44.